The predicted octanol–water partition coefficient (Wildman–Crippen LogP) is -1.55. The third-order valence-electron chi connectivity index (χ3n) is 3.04. The van der Waals surface area contributed by atoms with Crippen LogP contribution in [0.4, 0.5) is 0 Å². The molecular weight excluding hydrogens is 256 g/mol. The molecule has 0 spiro atoms. The lowest BCUT2D eigenvalue weighted by Gasteiger charge is -2.26. The lowest BCUT2D eigenvalue weighted by atomic mass is 10.1. The van der Waals surface area contributed by atoms with Crippen LogP contribution in [-0.2, 0) is 15.0 Å². The van der Waals surface area contributed by atoms with E-state index in [-0.39, 0.29) is 12.3 Å². The van der Waals surface area contributed by atoms with Gasteiger partial charge in [0.25, 0.3) is 0 Å². The maximum atomic E-state index is 12.1. The van der Waals surface area contributed by atoms with Crippen LogP contribution >= 0.6 is 0 Å². The molecule has 1 atom stereocenters. The molecule has 0 amide bonds. The number of aliphatic carboxylic acids is 1. The topological polar surface area (TPSA) is 94.1 Å². The number of carboxylic acids is 1. The van der Waals surface area contributed by atoms with Gasteiger partial charge in [-0.1, -0.05) is 20.3 Å². The largest absolute Gasteiger partial charge is 0.544 e. The fourth-order valence-corrected chi connectivity index (χ4v) is 3.70. The lowest BCUT2D eigenvalue weighted by molar-refractivity contribution is -0.546. The van der Waals surface area contributed by atoms with Gasteiger partial charge in [-0.25, -0.2) is 4.72 Å². The molecule has 1 rings (SSSR count). The fourth-order valence-electron chi connectivity index (χ4n) is 2.13. The van der Waals surface area contributed by atoms with Gasteiger partial charge in [0.15, 0.2) is 0 Å². The zero-order valence-electron chi connectivity index (χ0n) is 11.0. The van der Waals surface area contributed by atoms with Crippen LogP contribution in [0.2, 0.25) is 0 Å². The number of hydrogen-bond acceptors (Lipinski definition) is 4. The van der Waals surface area contributed by atoms with Crippen LogP contribution in [-0.4, -0.2) is 37.8 Å². The van der Waals surface area contributed by atoms with Gasteiger partial charge >= 0.3 is 10.2 Å². The maximum absolute atomic E-state index is 12.1. The first-order valence-electron chi connectivity index (χ1n) is 6.39. The van der Waals surface area contributed by atoms with Crippen LogP contribution in [0.5, 0.6) is 0 Å². The van der Waals surface area contributed by atoms with Crippen molar-refractivity contribution in [2.24, 2.45) is 5.92 Å². The van der Waals surface area contributed by atoms with Crippen molar-refractivity contribution in [1.82, 2.24) is 4.31 Å². The minimum Gasteiger partial charge on any atom is -0.544 e. The number of carboxylic acid groups (broad SMARTS) is 1. The van der Waals surface area contributed by atoms with Gasteiger partial charge in [0.05, 0.1) is 0 Å². The SMILES string of the molecule is CC(C)C[C@@H]([NH2+]S(=O)(=O)N1CCCCC1)C(=O)[O-]. The highest BCUT2D eigenvalue weighted by molar-refractivity contribution is 7.82. The van der Waals surface area contributed by atoms with E-state index in [4.69, 9.17) is 0 Å². The molecule has 1 heterocycles. The smallest absolute Gasteiger partial charge is 0.369 e. The van der Waals surface area contributed by atoms with Crippen molar-refractivity contribution in [1.29, 1.82) is 0 Å². The highest BCUT2D eigenvalue weighted by atomic mass is 32.2. The van der Waals surface area contributed by atoms with Gasteiger partial charge in [-0.3, -0.25) is 0 Å². The molecule has 0 unspecified atom stereocenters. The van der Waals surface area contributed by atoms with Crippen LogP contribution in [0.3, 0.4) is 0 Å². The summed E-state index contributed by atoms with van der Waals surface area (Å²) in [7, 11) is -3.59. The number of hydrogen-bond donors (Lipinski definition) is 1. The molecular formula is C11H22N2O4S. The second-order valence-corrected chi connectivity index (χ2v) is 7.01. The van der Waals surface area contributed by atoms with Crippen LogP contribution in [0.25, 0.3) is 0 Å². The summed E-state index contributed by atoms with van der Waals surface area (Å²) in [6, 6.07) is -1.03. The Morgan fingerprint density at radius 1 is 1.28 bits per heavy atom. The van der Waals surface area contributed by atoms with Crippen molar-refractivity contribution in [3.63, 3.8) is 0 Å². The van der Waals surface area contributed by atoms with E-state index in [0.29, 0.717) is 13.1 Å². The minimum absolute atomic E-state index is 0.112. The van der Waals surface area contributed by atoms with Crippen molar-refractivity contribution in [3.05, 3.63) is 0 Å². The summed E-state index contributed by atoms with van der Waals surface area (Å²) in [5, 5.41) is 11.0. The Kier molecular flexibility index (Phi) is 5.55. The fraction of sp³-hybridized carbons (Fsp3) is 0.909. The number of quaternary nitrogens is 1. The lowest BCUT2D eigenvalue weighted by Crippen LogP contribution is -2.97. The molecule has 1 aliphatic heterocycles. The van der Waals surface area contributed by atoms with Crippen LogP contribution in [0, 0.1) is 5.92 Å². The molecule has 106 valence electrons. The number of rotatable bonds is 6. The molecule has 0 saturated carbocycles. The second-order valence-electron chi connectivity index (χ2n) is 5.20. The van der Waals surface area contributed by atoms with E-state index in [1.165, 1.54) is 4.31 Å². The van der Waals surface area contributed by atoms with E-state index in [1.807, 2.05) is 13.8 Å². The van der Waals surface area contributed by atoms with Crippen LogP contribution in [0.15, 0.2) is 0 Å². The molecule has 0 aromatic heterocycles. The zero-order chi connectivity index (χ0) is 13.8. The van der Waals surface area contributed by atoms with Gasteiger partial charge < -0.3 is 9.90 Å². The van der Waals surface area contributed by atoms with Crippen LogP contribution < -0.4 is 9.83 Å². The van der Waals surface area contributed by atoms with Gasteiger partial charge in [-0.15, -0.1) is 0 Å². The first kappa shape index (κ1) is 15.4. The molecule has 0 aromatic rings. The molecule has 2 N–H and O–H groups in total. The summed E-state index contributed by atoms with van der Waals surface area (Å²) in [6.07, 6.45) is 3.00. The quantitative estimate of drug-likeness (QED) is 0.636. The summed E-state index contributed by atoms with van der Waals surface area (Å²) in [5.41, 5.74) is 0. The summed E-state index contributed by atoms with van der Waals surface area (Å²) < 4.78 is 26.4. The second kappa shape index (κ2) is 6.49. The normalized spacial score (nSPS) is 19.9. The third kappa shape index (κ3) is 4.55. The Balaban J connectivity index is 2.68. The van der Waals surface area contributed by atoms with Crippen LogP contribution in [0.1, 0.15) is 39.5 Å². The molecule has 0 aromatic carbocycles. The van der Waals surface area contributed by atoms with Gasteiger partial charge in [0.2, 0.25) is 0 Å². The number of nitrogens with zero attached hydrogens (tertiary/aromatic N) is 1. The first-order valence-corrected chi connectivity index (χ1v) is 7.89. The highest BCUT2D eigenvalue weighted by Crippen LogP contribution is 2.10. The summed E-state index contributed by atoms with van der Waals surface area (Å²) in [5.74, 6) is -1.20. The van der Waals surface area contributed by atoms with Crippen molar-refractivity contribution in [3.8, 4) is 0 Å². The molecule has 18 heavy (non-hydrogen) atoms. The summed E-state index contributed by atoms with van der Waals surface area (Å²) in [4.78, 5) is 11.0. The molecule has 1 aliphatic rings. The Morgan fingerprint density at radius 3 is 2.28 bits per heavy atom. The van der Waals surface area contributed by atoms with Gasteiger partial charge in [0, 0.05) is 19.5 Å². The van der Waals surface area contributed by atoms with Crippen molar-refractivity contribution in [2.75, 3.05) is 13.1 Å². The number of carbonyl (C=O) groups excluding carboxylic acids is 1. The third-order valence-corrected chi connectivity index (χ3v) is 4.80. The Labute approximate surface area is 109 Å². The van der Waals surface area contributed by atoms with Crippen molar-refractivity contribution < 1.29 is 23.0 Å². The molecule has 7 heteroatoms. The molecule has 0 aliphatic carbocycles. The van der Waals surface area contributed by atoms with E-state index in [2.05, 4.69) is 0 Å². The molecule has 1 saturated heterocycles. The monoisotopic (exact) mass is 278 g/mol. The highest BCUT2D eigenvalue weighted by Gasteiger charge is 2.31. The average Bonchev–Trinajstić information content (AvgIpc) is 2.28. The van der Waals surface area contributed by atoms with E-state index < -0.39 is 22.2 Å². The minimum atomic E-state index is -3.59. The molecule has 0 bridgehead atoms. The standard InChI is InChI=1S/C11H22N2O4S/c1-9(2)8-10(11(14)15)12-18(16,17)13-6-4-3-5-7-13/h9-10,12H,3-8H2,1-2H3,(H,14,15)/t10-/m1/s1. The Hall–Kier alpha value is -0.660. The zero-order valence-corrected chi connectivity index (χ0v) is 11.8. The number of piperidine rings is 1. The van der Waals surface area contributed by atoms with E-state index >= 15 is 0 Å². The van der Waals surface area contributed by atoms with Gasteiger partial charge in [-0.05, 0) is 18.8 Å². The number of carbonyl (C=O) groups is 1. The maximum Gasteiger partial charge on any atom is 0.369 e. The average molecular weight is 278 g/mol. The van der Waals surface area contributed by atoms with Gasteiger partial charge in [0.1, 0.15) is 12.0 Å². The summed E-state index contributed by atoms with van der Waals surface area (Å²) in [6.45, 7) is 4.69. The molecule has 1 fully saturated rings. The molecule has 6 nitrogen and oxygen atoms in total. The van der Waals surface area contributed by atoms with Crippen molar-refractivity contribution in [2.45, 2.75) is 45.6 Å². The van der Waals surface area contributed by atoms with Gasteiger partial charge in [-0.2, -0.15) is 12.7 Å². The summed E-state index contributed by atoms with van der Waals surface area (Å²) >= 11 is 0. The van der Waals surface area contributed by atoms with Crippen molar-refractivity contribution >= 4 is 16.2 Å². The predicted molar refractivity (Wildman–Crippen MR) is 64.5 cm³/mol. The van der Waals surface area contributed by atoms with E-state index in [0.717, 1.165) is 24.0 Å². The first-order chi connectivity index (χ1) is 8.33. The Bertz CT molecular complexity index is 375. The Morgan fingerprint density at radius 2 is 1.83 bits per heavy atom. The molecule has 0 radical (unpaired) electrons. The van der Waals surface area contributed by atoms with E-state index in [1.54, 1.807) is 0 Å². The number of nitrogens with two attached hydrogens (primary N) is 1. The van der Waals surface area contributed by atoms with E-state index in [9.17, 15) is 18.3 Å².